The van der Waals surface area contributed by atoms with Crippen molar-refractivity contribution in [3.05, 3.63) is 29.6 Å². The van der Waals surface area contributed by atoms with Gasteiger partial charge in [-0.15, -0.1) is 0 Å². The van der Waals surface area contributed by atoms with Gasteiger partial charge >= 0.3 is 0 Å². The molecule has 0 spiro atoms. The number of hydrogen-bond acceptors (Lipinski definition) is 3. The molecule has 74 valence electrons. The number of carbonyl (C=O) groups excluding carboxylic acids is 1. The van der Waals surface area contributed by atoms with Gasteiger partial charge in [-0.3, -0.25) is 9.78 Å². The topological polar surface area (TPSA) is 42.0 Å². The van der Waals surface area contributed by atoms with E-state index in [-0.39, 0.29) is 0 Å². The maximum absolute atomic E-state index is 10.8. The van der Waals surface area contributed by atoms with Gasteiger partial charge in [0.25, 0.3) is 0 Å². The number of aldehydes is 1. The van der Waals surface area contributed by atoms with Crippen molar-refractivity contribution in [2.45, 2.75) is 18.8 Å². The van der Waals surface area contributed by atoms with Crippen molar-refractivity contribution < 1.29 is 4.79 Å². The SMILES string of the molecule is O=Cc1cnccc1C1CCCNC1. The number of nitrogens with zero attached hydrogens (tertiary/aromatic N) is 1. The molecular formula is C11H14N2O. The van der Waals surface area contributed by atoms with Crippen LogP contribution in [0.4, 0.5) is 0 Å². The van der Waals surface area contributed by atoms with Gasteiger partial charge in [-0.25, -0.2) is 0 Å². The summed E-state index contributed by atoms with van der Waals surface area (Å²) in [5, 5.41) is 3.35. The summed E-state index contributed by atoms with van der Waals surface area (Å²) in [5.74, 6) is 0.479. The normalized spacial score (nSPS) is 21.9. The molecule has 1 saturated heterocycles. The van der Waals surface area contributed by atoms with E-state index in [1.807, 2.05) is 6.07 Å². The lowest BCUT2D eigenvalue weighted by Gasteiger charge is -2.23. The van der Waals surface area contributed by atoms with Gasteiger partial charge in [-0.2, -0.15) is 0 Å². The summed E-state index contributed by atoms with van der Waals surface area (Å²) in [6.07, 6.45) is 6.66. The highest BCUT2D eigenvalue weighted by atomic mass is 16.1. The van der Waals surface area contributed by atoms with Gasteiger partial charge < -0.3 is 5.32 Å². The van der Waals surface area contributed by atoms with Crippen molar-refractivity contribution in [2.75, 3.05) is 13.1 Å². The highest BCUT2D eigenvalue weighted by Gasteiger charge is 2.17. The summed E-state index contributed by atoms with van der Waals surface area (Å²) < 4.78 is 0. The molecule has 0 radical (unpaired) electrons. The Morgan fingerprint density at radius 3 is 3.21 bits per heavy atom. The van der Waals surface area contributed by atoms with Gasteiger partial charge in [0.2, 0.25) is 0 Å². The number of hydrogen-bond donors (Lipinski definition) is 1. The lowest BCUT2D eigenvalue weighted by atomic mass is 9.90. The van der Waals surface area contributed by atoms with Crippen molar-refractivity contribution in [2.24, 2.45) is 0 Å². The minimum Gasteiger partial charge on any atom is -0.316 e. The number of pyridine rings is 1. The fourth-order valence-electron chi connectivity index (χ4n) is 2.00. The molecule has 0 amide bonds. The Hall–Kier alpha value is -1.22. The predicted molar refractivity (Wildman–Crippen MR) is 54.5 cm³/mol. The van der Waals surface area contributed by atoms with Gasteiger partial charge in [0.05, 0.1) is 0 Å². The zero-order valence-corrected chi connectivity index (χ0v) is 8.07. The zero-order valence-electron chi connectivity index (χ0n) is 8.07. The summed E-state index contributed by atoms with van der Waals surface area (Å²) in [7, 11) is 0. The van der Waals surface area contributed by atoms with Crippen LogP contribution >= 0.6 is 0 Å². The van der Waals surface area contributed by atoms with Crippen LogP contribution in [0, 0.1) is 0 Å². The summed E-state index contributed by atoms with van der Waals surface area (Å²) in [4.78, 5) is 14.8. The molecule has 1 aromatic rings. The number of piperidine rings is 1. The first kappa shape index (κ1) is 9.34. The van der Waals surface area contributed by atoms with Crippen LogP contribution in [0.2, 0.25) is 0 Å². The minimum absolute atomic E-state index is 0.479. The van der Waals surface area contributed by atoms with Crippen LogP contribution in [0.5, 0.6) is 0 Å². The van der Waals surface area contributed by atoms with E-state index in [9.17, 15) is 4.79 Å². The second-order valence-corrected chi connectivity index (χ2v) is 3.67. The van der Waals surface area contributed by atoms with Crippen LogP contribution < -0.4 is 5.32 Å². The van der Waals surface area contributed by atoms with Crippen LogP contribution in [0.1, 0.15) is 34.7 Å². The molecular weight excluding hydrogens is 176 g/mol. The van der Waals surface area contributed by atoms with Crippen molar-refractivity contribution >= 4 is 6.29 Å². The Morgan fingerprint density at radius 2 is 2.50 bits per heavy atom. The maximum Gasteiger partial charge on any atom is 0.151 e. The molecule has 3 heteroatoms. The Balaban J connectivity index is 2.24. The van der Waals surface area contributed by atoms with E-state index in [0.29, 0.717) is 5.92 Å². The molecule has 14 heavy (non-hydrogen) atoms. The van der Waals surface area contributed by atoms with Crippen molar-refractivity contribution in [3.63, 3.8) is 0 Å². The molecule has 1 aliphatic rings. The average molecular weight is 190 g/mol. The summed E-state index contributed by atoms with van der Waals surface area (Å²) >= 11 is 0. The molecule has 0 saturated carbocycles. The molecule has 1 aromatic heterocycles. The Morgan fingerprint density at radius 1 is 1.57 bits per heavy atom. The minimum atomic E-state index is 0.479. The number of nitrogens with one attached hydrogen (secondary N) is 1. The largest absolute Gasteiger partial charge is 0.316 e. The Labute approximate surface area is 83.5 Å². The zero-order chi connectivity index (χ0) is 9.80. The monoisotopic (exact) mass is 190 g/mol. The molecule has 1 N–H and O–H groups in total. The first-order valence-electron chi connectivity index (χ1n) is 5.01. The van der Waals surface area contributed by atoms with E-state index in [4.69, 9.17) is 0 Å². The molecule has 1 unspecified atom stereocenters. The predicted octanol–water partition coefficient (Wildman–Crippen LogP) is 1.36. The molecule has 1 fully saturated rings. The van der Waals surface area contributed by atoms with Crippen LogP contribution in [0.25, 0.3) is 0 Å². The lowest BCUT2D eigenvalue weighted by molar-refractivity contribution is 0.112. The quantitative estimate of drug-likeness (QED) is 0.716. The number of carbonyl (C=O) groups is 1. The summed E-state index contributed by atoms with van der Waals surface area (Å²) in [6, 6.07) is 1.96. The van der Waals surface area contributed by atoms with E-state index in [2.05, 4.69) is 10.3 Å². The van der Waals surface area contributed by atoms with Crippen LogP contribution in [0.15, 0.2) is 18.5 Å². The van der Waals surface area contributed by atoms with Crippen molar-refractivity contribution in [1.29, 1.82) is 0 Å². The van der Waals surface area contributed by atoms with Gasteiger partial charge in [-0.05, 0) is 36.9 Å². The second-order valence-electron chi connectivity index (χ2n) is 3.67. The third-order valence-corrected chi connectivity index (χ3v) is 2.75. The Kier molecular flexibility index (Phi) is 2.89. The van der Waals surface area contributed by atoms with E-state index in [1.54, 1.807) is 12.4 Å². The first-order chi connectivity index (χ1) is 6.92. The lowest BCUT2D eigenvalue weighted by Crippen LogP contribution is -2.28. The molecule has 2 rings (SSSR count). The Bertz CT molecular complexity index is 319. The van der Waals surface area contributed by atoms with Crippen molar-refractivity contribution in [1.82, 2.24) is 10.3 Å². The standard InChI is InChI=1S/C11H14N2O/c14-8-10-7-13-5-3-11(10)9-2-1-4-12-6-9/h3,5,7-9,12H,1-2,4,6H2. The average Bonchev–Trinajstić information content (AvgIpc) is 2.30. The van der Waals surface area contributed by atoms with Gasteiger partial charge in [-0.1, -0.05) is 0 Å². The smallest absolute Gasteiger partial charge is 0.151 e. The molecule has 1 atom stereocenters. The molecule has 0 aliphatic carbocycles. The maximum atomic E-state index is 10.8. The fourth-order valence-corrected chi connectivity index (χ4v) is 2.00. The van der Waals surface area contributed by atoms with E-state index >= 15 is 0 Å². The highest BCUT2D eigenvalue weighted by molar-refractivity contribution is 5.76. The summed E-state index contributed by atoms with van der Waals surface area (Å²) in [5.41, 5.74) is 1.88. The third kappa shape index (κ3) is 1.82. The highest BCUT2D eigenvalue weighted by Crippen LogP contribution is 2.24. The third-order valence-electron chi connectivity index (χ3n) is 2.75. The molecule has 0 aromatic carbocycles. The molecule has 0 bridgehead atoms. The summed E-state index contributed by atoms with van der Waals surface area (Å²) in [6.45, 7) is 2.07. The van der Waals surface area contributed by atoms with E-state index < -0.39 is 0 Å². The number of aromatic nitrogens is 1. The van der Waals surface area contributed by atoms with Gasteiger partial charge in [0, 0.05) is 24.5 Å². The van der Waals surface area contributed by atoms with Gasteiger partial charge in [0.15, 0.2) is 6.29 Å². The van der Waals surface area contributed by atoms with Crippen LogP contribution in [-0.4, -0.2) is 24.4 Å². The first-order valence-corrected chi connectivity index (χ1v) is 5.01. The molecule has 3 nitrogen and oxygen atoms in total. The fraction of sp³-hybridized carbons (Fsp3) is 0.455. The van der Waals surface area contributed by atoms with Crippen LogP contribution in [0.3, 0.4) is 0 Å². The van der Waals surface area contributed by atoms with Gasteiger partial charge in [0.1, 0.15) is 0 Å². The number of rotatable bonds is 2. The second kappa shape index (κ2) is 4.33. The molecule has 2 heterocycles. The van der Waals surface area contributed by atoms with Crippen LogP contribution in [-0.2, 0) is 0 Å². The van der Waals surface area contributed by atoms with E-state index in [0.717, 1.165) is 36.9 Å². The van der Waals surface area contributed by atoms with Crippen molar-refractivity contribution in [3.8, 4) is 0 Å². The molecule has 1 aliphatic heterocycles. The van der Waals surface area contributed by atoms with E-state index in [1.165, 1.54) is 6.42 Å².